The van der Waals surface area contributed by atoms with Crippen LogP contribution in [0.3, 0.4) is 0 Å². The molecule has 0 fully saturated rings. The number of nitrogens with two attached hydrogens (primary N) is 1. The normalized spacial score (nSPS) is 11.1. The summed E-state index contributed by atoms with van der Waals surface area (Å²) in [6, 6.07) is 2.37. The minimum absolute atomic E-state index is 0.188. The third kappa shape index (κ3) is 2.44. The summed E-state index contributed by atoms with van der Waals surface area (Å²) in [5.74, 6) is -2.10. The molecule has 0 saturated carbocycles. The fraction of sp³-hybridized carbons (Fsp3) is 0.200. The van der Waals surface area contributed by atoms with Crippen LogP contribution in [0.2, 0.25) is 0 Å². The molecule has 0 amide bonds. The van der Waals surface area contributed by atoms with Gasteiger partial charge in [0, 0.05) is 0 Å². The number of carbonyl (C=O) groups is 1. The summed E-state index contributed by atoms with van der Waals surface area (Å²) < 4.78 is 23.1. The first-order valence-corrected chi connectivity index (χ1v) is 4.48. The highest BCUT2D eigenvalue weighted by atomic mass is 19.1. The fourth-order valence-electron chi connectivity index (χ4n) is 1.21. The Morgan fingerprint density at radius 2 is 2.00 bits per heavy atom. The summed E-state index contributed by atoms with van der Waals surface area (Å²) >= 11 is 0. The van der Waals surface area contributed by atoms with Gasteiger partial charge in [0.1, 0.15) is 11.6 Å². The molecule has 0 saturated heterocycles. The molecule has 0 atom stereocenters. The molecule has 3 N–H and O–H groups in total. The lowest BCUT2D eigenvalue weighted by Crippen LogP contribution is -2.18. The van der Waals surface area contributed by atoms with Gasteiger partial charge in [0.15, 0.2) is 5.84 Å². The lowest BCUT2D eigenvalue weighted by atomic mass is 10.1. The number of oxime groups is 1. The molecule has 0 unspecified atom stereocenters. The summed E-state index contributed by atoms with van der Waals surface area (Å²) in [7, 11) is 2.45. The van der Waals surface area contributed by atoms with Gasteiger partial charge in [0.25, 0.3) is 0 Å². The van der Waals surface area contributed by atoms with E-state index in [-0.39, 0.29) is 16.9 Å². The van der Waals surface area contributed by atoms with E-state index in [0.29, 0.717) is 0 Å². The van der Waals surface area contributed by atoms with Gasteiger partial charge in [0.05, 0.1) is 25.3 Å². The zero-order valence-electron chi connectivity index (χ0n) is 9.23. The summed E-state index contributed by atoms with van der Waals surface area (Å²) in [6.07, 6.45) is 0. The van der Waals surface area contributed by atoms with Crippen molar-refractivity contribution in [3.8, 4) is 5.75 Å². The van der Waals surface area contributed by atoms with Crippen LogP contribution in [0.4, 0.5) is 4.39 Å². The molecule has 0 aliphatic heterocycles. The Kier molecular flexibility index (Phi) is 3.86. The van der Waals surface area contributed by atoms with Crippen molar-refractivity contribution >= 4 is 11.8 Å². The van der Waals surface area contributed by atoms with Gasteiger partial charge in [-0.25, -0.2) is 9.18 Å². The van der Waals surface area contributed by atoms with Gasteiger partial charge in [-0.05, 0) is 12.1 Å². The molecule has 92 valence electrons. The number of amidine groups is 1. The number of nitrogens with zero attached hydrogens (tertiary/aromatic N) is 1. The molecular weight excluding hydrogens is 231 g/mol. The minimum atomic E-state index is -0.937. The Hall–Kier alpha value is -2.31. The summed E-state index contributed by atoms with van der Waals surface area (Å²) in [4.78, 5) is 11.3. The zero-order valence-corrected chi connectivity index (χ0v) is 9.23. The van der Waals surface area contributed by atoms with Gasteiger partial charge >= 0.3 is 5.97 Å². The second kappa shape index (κ2) is 5.15. The largest absolute Gasteiger partial charge is 0.497 e. The van der Waals surface area contributed by atoms with Crippen molar-refractivity contribution < 1.29 is 23.9 Å². The maximum Gasteiger partial charge on any atom is 0.341 e. The summed E-state index contributed by atoms with van der Waals surface area (Å²) in [5, 5.41) is 11.2. The Balaban J connectivity index is 3.46. The first-order chi connectivity index (χ1) is 8.04. The second-order valence-corrected chi connectivity index (χ2v) is 3.01. The average Bonchev–Trinajstić information content (AvgIpc) is 2.37. The van der Waals surface area contributed by atoms with Crippen LogP contribution in [0.15, 0.2) is 17.3 Å². The Morgan fingerprint density at radius 3 is 2.47 bits per heavy atom. The predicted octanol–water partition coefficient (Wildman–Crippen LogP) is 0.715. The SMILES string of the molecule is COC(=O)c1cc(OC)cc(C(N)=NO)c1F. The van der Waals surface area contributed by atoms with Crippen molar-refractivity contribution in [1.82, 2.24) is 0 Å². The van der Waals surface area contributed by atoms with E-state index in [1.807, 2.05) is 0 Å². The number of hydrogen-bond acceptors (Lipinski definition) is 5. The van der Waals surface area contributed by atoms with Crippen LogP contribution in [0.5, 0.6) is 5.75 Å². The third-order valence-corrected chi connectivity index (χ3v) is 2.07. The van der Waals surface area contributed by atoms with Gasteiger partial charge in [-0.1, -0.05) is 5.16 Å². The van der Waals surface area contributed by atoms with E-state index < -0.39 is 17.6 Å². The van der Waals surface area contributed by atoms with Crippen LogP contribution in [-0.4, -0.2) is 31.2 Å². The molecular formula is C10H11FN2O4. The highest BCUT2D eigenvalue weighted by molar-refractivity contribution is 6.00. The Labute approximate surface area is 96.4 Å². The van der Waals surface area contributed by atoms with E-state index >= 15 is 0 Å². The highest BCUT2D eigenvalue weighted by Gasteiger charge is 2.20. The van der Waals surface area contributed by atoms with Crippen LogP contribution < -0.4 is 10.5 Å². The fourth-order valence-corrected chi connectivity index (χ4v) is 1.21. The molecule has 1 aromatic rings. The number of hydrogen-bond donors (Lipinski definition) is 2. The highest BCUT2D eigenvalue weighted by Crippen LogP contribution is 2.22. The van der Waals surface area contributed by atoms with Gasteiger partial charge in [-0.3, -0.25) is 0 Å². The molecule has 17 heavy (non-hydrogen) atoms. The van der Waals surface area contributed by atoms with Crippen LogP contribution in [0.25, 0.3) is 0 Å². The first-order valence-electron chi connectivity index (χ1n) is 4.48. The van der Waals surface area contributed by atoms with Crippen molar-refractivity contribution in [2.45, 2.75) is 0 Å². The number of rotatable bonds is 3. The van der Waals surface area contributed by atoms with E-state index in [2.05, 4.69) is 9.89 Å². The van der Waals surface area contributed by atoms with Gasteiger partial charge < -0.3 is 20.4 Å². The topological polar surface area (TPSA) is 94.1 Å². The molecule has 1 rings (SSSR count). The van der Waals surface area contributed by atoms with E-state index in [4.69, 9.17) is 15.7 Å². The first kappa shape index (κ1) is 12.8. The number of methoxy groups -OCH3 is 2. The molecule has 0 spiro atoms. The van der Waals surface area contributed by atoms with Crippen LogP contribution in [0, 0.1) is 5.82 Å². The maximum atomic E-state index is 13.8. The molecule has 0 aliphatic carbocycles. The van der Waals surface area contributed by atoms with Crippen LogP contribution in [-0.2, 0) is 4.74 Å². The van der Waals surface area contributed by atoms with Gasteiger partial charge in [0.2, 0.25) is 0 Å². The molecule has 0 radical (unpaired) electrons. The average molecular weight is 242 g/mol. The van der Waals surface area contributed by atoms with Crippen molar-refractivity contribution in [1.29, 1.82) is 0 Å². The van der Waals surface area contributed by atoms with Crippen LogP contribution >= 0.6 is 0 Å². The Morgan fingerprint density at radius 1 is 1.41 bits per heavy atom. The van der Waals surface area contributed by atoms with E-state index in [1.54, 1.807) is 0 Å². The number of halogens is 1. The number of benzene rings is 1. The minimum Gasteiger partial charge on any atom is -0.497 e. The third-order valence-electron chi connectivity index (χ3n) is 2.07. The Bertz CT molecular complexity index is 474. The van der Waals surface area contributed by atoms with E-state index in [9.17, 15) is 9.18 Å². The van der Waals surface area contributed by atoms with Crippen molar-refractivity contribution in [2.75, 3.05) is 14.2 Å². The maximum absolute atomic E-state index is 13.8. The van der Waals surface area contributed by atoms with E-state index in [0.717, 1.165) is 13.2 Å². The quantitative estimate of drug-likeness (QED) is 0.268. The van der Waals surface area contributed by atoms with Crippen LogP contribution in [0.1, 0.15) is 15.9 Å². The number of esters is 1. The molecule has 6 nitrogen and oxygen atoms in total. The summed E-state index contributed by atoms with van der Waals surface area (Å²) in [5.41, 5.74) is 4.68. The second-order valence-electron chi connectivity index (χ2n) is 3.01. The number of ether oxygens (including phenoxy) is 2. The van der Waals surface area contributed by atoms with Gasteiger partial charge in [-0.15, -0.1) is 0 Å². The molecule has 0 aromatic heterocycles. The standard InChI is InChI=1S/C10H11FN2O4/c1-16-5-3-6(9(12)13-15)8(11)7(4-5)10(14)17-2/h3-4,15H,1-2H3,(H2,12,13). The zero-order chi connectivity index (χ0) is 13.0. The monoisotopic (exact) mass is 242 g/mol. The molecule has 1 aromatic carbocycles. The summed E-state index contributed by atoms with van der Waals surface area (Å²) in [6.45, 7) is 0. The molecule has 0 bridgehead atoms. The lowest BCUT2D eigenvalue weighted by Gasteiger charge is -2.09. The molecule has 7 heteroatoms. The lowest BCUT2D eigenvalue weighted by molar-refractivity contribution is 0.0595. The van der Waals surface area contributed by atoms with Crippen molar-refractivity contribution in [2.24, 2.45) is 10.9 Å². The molecule has 0 heterocycles. The predicted molar refractivity (Wildman–Crippen MR) is 56.8 cm³/mol. The number of carbonyl (C=O) groups excluding carboxylic acids is 1. The van der Waals surface area contributed by atoms with E-state index in [1.165, 1.54) is 13.2 Å². The van der Waals surface area contributed by atoms with Gasteiger partial charge in [-0.2, -0.15) is 0 Å². The smallest absolute Gasteiger partial charge is 0.341 e. The van der Waals surface area contributed by atoms with Crippen molar-refractivity contribution in [3.05, 3.63) is 29.1 Å². The van der Waals surface area contributed by atoms with Crippen molar-refractivity contribution in [3.63, 3.8) is 0 Å². The molecule has 0 aliphatic rings.